The first-order chi connectivity index (χ1) is 12.2. The van der Waals surface area contributed by atoms with Crippen LogP contribution in [0.25, 0.3) is 6.08 Å². The van der Waals surface area contributed by atoms with Crippen LogP contribution in [0.2, 0.25) is 0 Å². The molecule has 2 N–H and O–H groups in total. The zero-order valence-electron chi connectivity index (χ0n) is 15.1. The van der Waals surface area contributed by atoms with Crippen LogP contribution in [0.15, 0.2) is 23.8 Å². The molecule has 1 aromatic carbocycles. The minimum Gasteiger partial charge on any atom is -0.493 e. The third-order valence-corrected chi connectivity index (χ3v) is 4.64. The maximum absolute atomic E-state index is 12.8. The molecule has 0 saturated carbocycles. The molecule has 2 aliphatic rings. The molecule has 6 nitrogen and oxygen atoms in total. The van der Waals surface area contributed by atoms with E-state index in [1.807, 2.05) is 29.2 Å². The monoisotopic (exact) mass is 382 g/mol. The normalized spacial score (nSPS) is 16.8. The van der Waals surface area contributed by atoms with E-state index in [1.165, 1.54) is 0 Å². The summed E-state index contributed by atoms with van der Waals surface area (Å²) in [5, 5.41) is 0. The Bertz CT molecular complexity index is 642. The van der Waals surface area contributed by atoms with Gasteiger partial charge in [0.2, 0.25) is 0 Å². The molecule has 1 amide bonds. The van der Waals surface area contributed by atoms with Gasteiger partial charge in [-0.05, 0) is 37.9 Å². The number of carbonyl (C=O) groups excluding carboxylic acids is 1. The fraction of sp³-hybridized carbons (Fsp3) is 0.526. The molecule has 0 bridgehead atoms. The summed E-state index contributed by atoms with van der Waals surface area (Å²) >= 11 is 0. The number of hydrogen-bond acceptors (Lipinski definition) is 5. The molecule has 2 aliphatic heterocycles. The Morgan fingerprint density at radius 1 is 1.35 bits per heavy atom. The molecule has 1 fully saturated rings. The number of benzene rings is 1. The second kappa shape index (κ2) is 9.80. The van der Waals surface area contributed by atoms with Gasteiger partial charge in [-0.2, -0.15) is 0 Å². The zero-order valence-corrected chi connectivity index (χ0v) is 15.9. The lowest BCUT2D eigenvalue weighted by Crippen LogP contribution is -2.42. The van der Waals surface area contributed by atoms with Gasteiger partial charge in [0.1, 0.15) is 6.61 Å². The molecular weight excluding hydrogens is 356 g/mol. The summed E-state index contributed by atoms with van der Waals surface area (Å²) < 4.78 is 16.9. The molecule has 0 spiro atoms. The second-order valence-electron chi connectivity index (χ2n) is 6.34. The summed E-state index contributed by atoms with van der Waals surface area (Å²) in [5.74, 6) is 1.44. The van der Waals surface area contributed by atoms with Gasteiger partial charge in [-0.15, -0.1) is 12.4 Å². The van der Waals surface area contributed by atoms with Gasteiger partial charge in [-0.3, -0.25) is 4.79 Å². The number of rotatable bonds is 6. The predicted octanol–water partition coefficient (Wildman–Crippen LogP) is 2.25. The molecule has 0 unspecified atom stereocenters. The van der Waals surface area contributed by atoms with E-state index in [1.54, 1.807) is 7.11 Å². The van der Waals surface area contributed by atoms with Crippen molar-refractivity contribution in [3.63, 3.8) is 0 Å². The molecule has 0 aliphatic carbocycles. The Labute approximate surface area is 160 Å². The van der Waals surface area contributed by atoms with Gasteiger partial charge in [-0.25, -0.2) is 0 Å². The number of fused-ring (bicyclic) bond motifs is 1. The molecule has 0 aromatic heterocycles. The zero-order chi connectivity index (χ0) is 17.6. The summed E-state index contributed by atoms with van der Waals surface area (Å²) in [6.45, 7) is 3.06. The molecule has 144 valence electrons. The van der Waals surface area contributed by atoms with Crippen LogP contribution in [0.5, 0.6) is 11.5 Å². The molecule has 0 radical (unpaired) electrons. The third kappa shape index (κ3) is 4.69. The minimum atomic E-state index is 0. The quantitative estimate of drug-likeness (QED) is 0.764. The lowest BCUT2D eigenvalue weighted by molar-refractivity contribution is -0.130. The number of hydrogen-bond donors (Lipinski definition) is 1. The van der Waals surface area contributed by atoms with E-state index in [0.29, 0.717) is 43.3 Å². The number of amides is 1. The Balaban J connectivity index is 0.00000243. The van der Waals surface area contributed by atoms with Crippen LogP contribution in [0.3, 0.4) is 0 Å². The van der Waals surface area contributed by atoms with Crippen molar-refractivity contribution in [1.82, 2.24) is 4.90 Å². The van der Waals surface area contributed by atoms with Crippen molar-refractivity contribution in [2.45, 2.75) is 25.4 Å². The number of halogens is 1. The smallest absolute Gasteiger partial charge is 0.253 e. The van der Waals surface area contributed by atoms with Crippen molar-refractivity contribution < 1.29 is 19.0 Å². The highest BCUT2D eigenvalue weighted by Crippen LogP contribution is 2.35. The van der Waals surface area contributed by atoms with E-state index in [0.717, 1.165) is 24.8 Å². The largest absolute Gasteiger partial charge is 0.493 e. The molecule has 2 heterocycles. The molecule has 0 atom stereocenters. The molecule has 3 rings (SSSR count). The fourth-order valence-electron chi connectivity index (χ4n) is 3.23. The lowest BCUT2D eigenvalue weighted by atomic mass is 10.0. The number of likely N-dealkylation sites (tertiary alicyclic amines) is 1. The third-order valence-electron chi connectivity index (χ3n) is 4.64. The van der Waals surface area contributed by atoms with Crippen molar-refractivity contribution >= 4 is 24.4 Å². The van der Waals surface area contributed by atoms with Crippen LogP contribution < -0.4 is 15.2 Å². The van der Waals surface area contributed by atoms with Gasteiger partial charge >= 0.3 is 0 Å². The first kappa shape index (κ1) is 20.6. The summed E-state index contributed by atoms with van der Waals surface area (Å²) in [5.41, 5.74) is 7.05. The summed E-state index contributed by atoms with van der Waals surface area (Å²) in [7, 11) is 1.61. The Hall–Kier alpha value is -1.76. The number of ether oxygens (including phenoxy) is 3. The molecule has 1 aromatic rings. The second-order valence-corrected chi connectivity index (χ2v) is 6.34. The Morgan fingerprint density at radius 2 is 2.12 bits per heavy atom. The highest BCUT2D eigenvalue weighted by molar-refractivity contribution is 5.99. The van der Waals surface area contributed by atoms with E-state index in [9.17, 15) is 4.79 Å². The van der Waals surface area contributed by atoms with Gasteiger partial charge in [0, 0.05) is 25.3 Å². The topological polar surface area (TPSA) is 74.0 Å². The van der Waals surface area contributed by atoms with E-state index < -0.39 is 0 Å². The fourth-order valence-corrected chi connectivity index (χ4v) is 3.23. The molecule has 7 heteroatoms. The van der Waals surface area contributed by atoms with Crippen molar-refractivity contribution in [2.75, 3.05) is 40.0 Å². The van der Waals surface area contributed by atoms with E-state index in [4.69, 9.17) is 19.9 Å². The van der Waals surface area contributed by atoms with Gasteiger partial charge in [-0.1, -0.05) is 12.1 Å². The number of nitrogens with zero attached hydrogens (tertiary/aromatic N) is 1. The predicted molar refractivity (Wildman–Crippen MR) is 103 cm³/mol. The maximum atomic E-state index is 12.8. The van der Waals surface area contributed by atoms with E-state index in [-0.39, 0.29) is 31.0 Å². The molecular formula is C19H27ClN2O4. The first-order valence-electron chi connectivity index (χ1n) is 8.84. The van der Waals surface area contributed by atoms with Gasteiger partial charge in [0.05, 0.1) is 18.8 Å². The Kier molecular flexibility index (Phi) is 7.75. The average molecular weight is 383 g/mol. The number of para-hydroxylation sites is 1. The van der Waals surface area contributed by atoms with Crippen molar-refractivity contribution in [1.29, 1.82) is 0 Å². The standard InChI is InChI=1S/C19H26N2O4.ClH/c1-23-17-5-2-4-14-12-15(13-25-18(14)17)19(22)21-9-6-16(7-10-21)24-11-3-8-20;/h2,4-5,12,16H,3,6-11,13,20H2,1H3;1H. The van der Waals surface area contributed by atoms with Crippen molar-refractivity contribution in [3.8, 4) is 11.5 Å². The van der Waals surface area contributed by atoms with Crippen LogP contribution in [-0.2, 0) is 9.53 Å². The SMILES string of the molecule is COc1cccc2c1OCC(C(=O)N1CCC(OCCCN)CC1)=C2.Cl. The van der Waals surface area contributed by atoms with Crippen LogP contribution in [0, 0.1) is 0 Å². The summed E-state index contributed by atoms with van der Waals surface area (Å²) in [6.07, 6.45) is 4.76. The van der Waals surface area contributed by atoms with Crippen LogP contribution >= 0.6 is 12.4 Å². The lowest BCUT2D eigenvalue weighted by Gasteiger charge is -2.33. The van der Waals surface area contributed by atoms with Gasteiger partial charge in [0.15, 0.2) is 11.5 Å². The number of methoxy groups -OCH3 is 1. The van der Waals surface area contributed by atoms with Gasteiger partial charge in [0.25, 0.3) is 5.91 Å². The maximum Gasteiger partial charge on any atom is 0.253 e. The average Bonchev–Trinajstić information content (AvgIpc) is 2.67. The first-order valence-corrected chi connectivity index (χ1v) is 8.84. The number of piperidine rings is 1. The molecule has 1 saturated heterocycles. The number of nitrogens with two attached hydrogens (primary N) is 1. The molecule has 26 heavy (non-hydrogen) atoms. The Morgan fingerprint density at radius 3 is 2.81 bits per heavy atom. The number of carbonyl (C=O) groups is 1. The van der Waals surface area contributed by atoms with Crippen molar-refractivity contribution in [3.05, 3.63) is 29.3 Å². The summed E-state index contributed by atoms with van der Waals surface area (Å²) in [6, 6.07) is 5.69. The highest BCUT2D eigenvalue weighted by Gasteiger charge is 2.27. The van der Waals surface area contributed by atoms with Crippen molar-refractivity contribution in [2.24, 2.45) is 5.73 Å². The van der Waals surface area contributed by atoms with Crippen LogP contribution in [0.4, 0.5) is 0 Å². The minimum absolute atomic E-state index is 0. The van der Waals surface area contributed by atoms with Gasteiger partial charge < -0.3 is 24.8 Å². The van der Waals surface area contributed by atoms with E-state index in [2.05, 4.69) is 0 Å². The van der Waals surface area contributed by atoms with E-state index >= 15 is 0 Å². The summed E-state index contributed by atoms with van der Waals surface area (Å²) in [4.78, 5) is 14.7. The van der Waals surface area contributed by atoms with Crippen LogP contribution in [0.1, 0.15) is 24.8 Å². The van der Waals surface area contributed by atoms with Crippen LogP contribution in [-0.4, -0.2) is 56.9 Å². The highest BCUT2D eigenvalue weighted by atomic mass is 35.5.